The zero-order valence-corrected chi connectivity index (χ0v) is 41.9. The van der Waals surface area contributed by atoms with Gasteiger partial charge in [0.2, 0.25) is 0 Å². The van der Waals surface area contributed by atoms with Gasteiger partial charge in [0, 0.05) is 16.8 Å². The Morgan fingerprint density at radius 2 is 0.684 bits per heavy atom. The Balaban J connectivity index is 0.957. The summed E-state index contributed by atoms with van der Waals surface area (Å²) in [6.07, 6.45) is 0. The van der Waals surface area contributed by atoms with E-state index in [4.69, 9.17) is 0 Å². The normalized spacial score (nSPS) is 12.3. The van der Waals surface area contributed by atoms with Crippen LogP contribution in [0, 0.1) is 0 Å². The van der Waals surface area contributed by atoms with E-state index in [2.05, 4.69) is 314 Å². The van der Waals surface area contributed by atoms with Crippen LogP contribution in [0.25, 0.3) is 88.3 Å². The summed E-state index contributed by atoms with van der Waals surface area (Å²) in [6, 6.07) is 114. The molecule has 0 spiro atoms. The van der Waals surface area contributed by atoms with Crippen molar-refractivity contribution < 1.29 is 0 Å². The molecule has 0 fully saturated rings. The average Bonchev–Trinajstić information content (AvgIpc) is 4.00. The highest BCUT2D eigenvalue weighted by atomic mass is 15.1. The zero-order chi connectivity index (χ0) is 50.4. The van der Waals surface area contributed by atoms with E-state index >= 15 is 0 Å². The average molecular weight is 966 g/mol. The lowest BCUT2D eigenvalue weighted by Gasteiger charge is -2.34. The Morgan fingerprint density at radius 3 is 1.38 bits per heavy atom. The van der Waals surface area contributed by atoms with Crippen molar-refractivity contribution in [2.45, 2.75) is 5.41 Å². The summed E-state index contributed by atoms with van der Waals surface area (Å²) >= 11 is 0. The first kappa shape index (κ1) is 44.8. The minimum absolute atomic E-state index is 0.528. The molecular weight excluding hydrogens is 915 g/mol. The van der Waals surface area contributed by atoms with Crippen molar-refractivity contribution in [3.8, 4) is 66.8 Å². The van der Waals surface area contributed by atoms with Gasteiger partial charge in [-0.2, -0.15) is 0 Å². The van der Waals surface area contributed by atoms with Gasteiger partial charge in [0.1, 0.15) is 0 Å². The highest BCUT2D eigenvalue weighted by molar-refractivity contribution is 6.09. The number of hydrogen-bond acceptors (Lipinski definition) is 1. The maximum atomic E-state index is 2.49. The van der Waals surface area contributed by atoms with E-state index in [1.807, 2.05) is 0 Å². The maximum absolute atomic E-state index is 2.49. The number of fused-ring (bicyclic) bond motifs is 5. The predicted octanol–water partition coefficient (Wildman–Crippen LogP) is 20.2. The van der Waals surface area contributed by atoms with Gasteiger partial charge in [0.25, 0.3) is 0 Å². The summed E-state index contributed by atoms with van der Waals surface area (Å²) in [5.74, 6) is 0. The molecule has 1 aliphatic rings. The van der Waals surface area contributed by atoms with Crippen molar-refractivity contribution >= 4 is 38.6 Å². The van der Waals surface area contributed by atoms with Crippen molar-refractivity contribution in [3.05, 3.63) is 332 Å². The third kappa shape index (κ3) is 7.47. The van der Waals surface area contributed by atoms with Crippen molar-refractivity contribution in [2.75, 3.05) is 4.90 Å². The van der Waals surface area contributed by atoms with Crippen molar-refractivity contribution in [1.29, 1.82) is 0 Å². The molecular formula is C75H51N. The number of nitrogens with zero attached hydrogens (tertiary/aromatic N) is 1. The molecule has 0 saturated heterocycles. The molecule has 0 unspecified atom stereocenters. The molecule has 0 aliphatic heterocycles. The molecule has 14 rings (SSSR count). The number of para-hydroxylation sites is 2. The second kappa shape index (κ2) is 18.9. The van der Waals surface area contributed by atoms with Gasteiger partial charge < -0.3 is 4.90 Å². The molecule has 0 heterocycles. The van der Waals surface area contributed by atoms with Gasteiger partial charge in [-0.15, -0.1) is 0 Å². The molecule has 0 N–H and O–H groups in total. The smallest absolute Gasteiger partial charge is 0.0713 e. The Kier molecular flexibility index (Phi) is 11.2. The summed E-state index contributed by atoms with van der Waals surface area (Å²) in [5.41, 5.74) is 22.2. The lowest BCUT2D eigenvalue weighted by molar-refractivity contribution is 0.769. The summed E-state index contributed by atoms with van der Waals surface area (Å²) in [7, 11) is 0. The van der Waals surface area contributed by atoms with Crippen LogP contribution in [0.3, 0.4) is 0 Å². The molecule has 1 heteroatoms. The first-order valence-corrected chi connectivity index (χ1v) is 26.3. The van der Waals surface area contributed by atoms with Crippen molar-refractivity contribution in [3.63, 3.8) is 0 Å². The van der Waals surface area contributed by atoms with E-state index < -0.39 is 5.41 Å². The summed E-state index contributed by atoms with van der Waals surface area (Å²) in [4.78, 5) is 2.49. The Morgan fingerprint density at radius 1 is 0.237 bits per heavy atom. The van der Waals surface area contributed by atoms with Gasteiger partial charge in [-0.05, 0) is 130 Å². The Hall–Kier alpha value is -9.82. The molecule has 0 bridgehead atoms. The molecule has 13 aromatic rings. The van der Waals surface area contributed by atoms with Crippen LogP contribution in [-0.4, -0.2) is 0 Å². The van der Waals surface area contributed by atoms with Gasteiger partial charge in [0.15, 0.2) is 0 Å². The number of hydrogen-bond donors (Lipinski definition) is 0. The highest BCUT2D eigenvalue weighted by Gasteiger charge is 2.46. The summed E-state index contributed by atoms with van der Waals surface area (Å²) in [5, 5.41) is 4.95. The van der Waals surface area contributed by atoms with Crippen LogP contribution in [0.1, 0.15) is 22.3 Å². The zero-order valence-electron chi connectivity index (χ0n) is 41.9. The number of rotatable bonds is 10. The summed E-state index contributed by atoms with van der Waals surface area (Å²) < 4.78 is 0. The van der Waals surface area contributed by atoms with Gasteiger partial charge in [-0.25, -0.2) is 0 Å². The Bertz CT molecular complexity index is 4200. The second-order valence-electron chi connectivity index (χ2n) is 19.9. The molecule has 13 aromatic carbocycles. The number of benzene rings is 13. The van der Waals surface area contributed by atoms with Gasteiger partial charge in [-0.1, -0.05) is 279 Å². The SMILES string of the molecule is c1ccc(-c2cccc3cccc(-c4ccccc4N(c4ccc(-c5ccc(-c6cccc7ccccc67)cc5)cc4)c4ccccc4-c4ccc5c(c4)C(c4ccccc4)(c4ccccc4)c4ccccc4-5)c23)cc1. The quantitative estimate of drug-likeness (QED) is 0.132. The topological polar surface area (TPSA) is 3.24 Å². The molecule has 0 aromatic heterocycles. The molecule has 356 valence electrons. The molecule has 1 aliphatic carbocycles. The largest absolute Gasteiger partial charge is 0.309 e. The summed E-state index contributed by atoms with van der Waals surface area (Å²) in [6.45, 7) is 0. The third-order valence-corrected chi connectivity index (χ3v) is 15.8. The fraction of sp³-hybridized carbons (Fsp3) is 0.0133. The van der Waals surface area contributed by atoms with Crippen LogP contribution in [0.2, 0.25) is 0 Å². The molecule has 0 atom stereocenters. The van der Waals surface area contributed by atoms with E-state index in [1.54, 1.807) is 0 Å². The van der Waals surface area contributed by atoms with Crippen LogP contribution in [0.5, 0.6) is 0 Å². The van der Waals surface area contributed by atoms with E-state index in [9.17, 15) is 0 Å². The van der Waals surface area contributed by atoms with Crippen LogP contribution >= 0.6 is 0 Å². The van der Waals surface area contributed by atoms with E-state index in [1.165, 1.54) is 88.3 Å². The van der Waals surface area contributed by atoms with Gasteiger partial charge >= 0.3 is 0 Å². The van der Waals surface area contributed by atoms with Crippen molar-refractivity contribution in [1.82, 2.24) is 0 Å². The molecule has 76 heavy (non-hydrogen) atoms. The van der Waals surface area contributed by atoms with E-state index in [0.29, 0.717) is 0 Å². The Labute approximate surface area is 444 Å². The van der Waals surface area contributed by atoms with Crippen molar-refractivity contribution in [2.24, 2.45) is 0 Å². The molecule has 1 nitrogen and oxygen atoms in total. The van der Waals surface area contributed by atoms with E-state index in [0.717, 1.165) is 39.3 Å². The van der Waals surface area contributed by atoms with Gasteiger partial charge in [-0.3, -0.25) is 0 Å². The highest BCUT2D eigenvalue weighted by Crippen LogP contribution is 2.57. The maximum Gasteiger partial charge on any atom is 0.0713 e. The monoisotopic (exact) mass is 965 g/mol. The minimum atomic E-state index is -0.528. The first-order chi connectivity index (χ1) is 37.7. The van der Waals surface area contributed by atoms with Crippen LogP contribution in [-0.2, 0) is 5.41 Å². The van der Waals surface area contributed by atoms with Crippen LogP contribution < -0.4 is 4.90 Å². The fourth-order valence-corrected chi connectivity index (χ4v) is 12.4. The van der Waals surface area contributed by atoms with Crippen LogP contribution in [0.4, 0.5) is 17.1 Å². The lowest BCUT2D eigenvalue weighted by atomic mass is 9.67. The second-order valence-corrected chi connectivity index (χ2v) is 19.9. The lowest BCUT2D eigenvalue weighted by Crippen LogP contribution is -2.28. The number of anilines is 3. The standard InChI is InChI=1S/C75H51N/c1-4-21-55(22-5-1)65-36-19-25-57-26-20-37-69(74(57)65)68-34-14-17-40-73(68)76(61-48-45-53(46-49-61)52-41-43-56(44-42-52)63-35-18-24-54-23-10-11-31-62(54)63)72-39-16-13-32-64(72)58-47-50-67-66-33-12-15-38-70(66)75(71(67)51-58,59-27-6-2-7-28-59)60-29-8-3-9-30-60/h1-51H. The molecule has 0 radical (unpaired) electrons. The van der Waals surface area contributed by atoms with E-state index in [-0.39, 0.29) is 0 Å². The third-order valence-electron chi connectivity index (χ3n) is 15.8. The van der Waals surface area contributed by atoms with Crippen LogP contribution in [0.15, 0.2) is 309 Å². The minimum Gasteiger partial charge on any atom is -0.309 e. The van der Waals surface area contributed by atoms with Gasteiger partial charge in [0.05, 0.1) is 16.8 Å². The fourth-order valence-electron chi connectivity index (χ4n) is 12.4. The molecule has 0 amide bonds. The predicted molar refractivity (Wildman–Crippen MR) is 321 cm³/mol. The molecule has 0 saturated carbocycles. The first-order valence-electron chi connectivity index (χ1n) is 26.3.